The van der Waals surface area contributed by atoms with Crippen molar-refractivity contribution < 1.29 is 4.79 Å². The lowest BCUT2D eigenvalue weighted by Gasteiger charge is -2.08. The van der Waals surface area contributed by atoms with Gasteiger partial charge in [-0.1, -0.05) is 33.6 Å². The normalized spacial score (nSPS) is 10.3. The van der Waals surface area contributed by atoms with Gasteiger partial charge in [0.1, 0.15) is 0 Å². The molecule has 3 nitrogen and oxygen atoms in total. The topological polar surface area (TPSA) is 55.1 Å². The van der Waals surface area contributed by atoms with Crippen molar-refractivity contribution in [1.29, 1.82) is 0 Å². The summed E-state index contributed by atoms with van der Waals surface area (Å²) in [6, 6.07) is 10.4. The highest BCUT2D eigenvalue weighted by Crippen LogP contribution is 2.23. The van der Waals surface area contributed by atoms with Gasteiger partial charge in [-0.15, -0.1) is 0 Å². The number of amides is 1. The maximum atomic E-state index is 12.1. The fourth-order valence-corrected chi connectivity index (χ4v) is 2.17. The zero-order valence-corrected chi connectivity index (χ0v) is 12.5. The molecule has 0 aliphatic carbocycles. The third-order valence-electron chi connectivity index (χ3n) is 2.66. The Morgan fingerprint density at radius 2 is 2.00 bits per heavy atom. The van der Waals surface area contributed by atoms with Crippen LogP contribution in [-0.2, 0) is 0 Å². The summed E-state index contributed by atoms with van der Waals surface area (Å²) in [7, 11) is 0. The van der Waals surface area contributed by atoms with Gasteiger partial charge in [0.05, 0.1) is 10.6 Å². The third kappa shape index (κ3) is 3.28. The van der Waals surface area contributed by atoms with Crippen LogP contribution in [0.1, 0.15) is 15.9 Å². The lowest BCUT2D eigenvalue weighted by molar-refractivity contribution is 0.102. The number of halogens is 2. The Kier molecular flexibility index (Phi) is 4.12. The molecule has 0 saturated heterocycles. The number of nitrogen functional groups attached to an aromatic ring is 1. The van der Waals surface area contributed by atoms with Crippen LogP contribution in [0.15, 0.2) is 40.9 Å². The molecule has 19 heavy (non-hydrogen) atoms. The summed E-state index contributed by atoms with van der Waals surface area (Å²) in [5.41, 5.74) is 8.31. The van der Waals surface area contributed by atoms with E-state index < -0.39 is 0 Å². The minimum Gasteiger partial charge on any atom is -0.399 e. The molecule has 3 N–H and O–H groups in total. The highest BCUT2D eigenvalue weighted by atomic mass is 79.9. The maximum Gasteiger partial charge on any atom is 0.257 e. The summed E-state index contributed by atoms with van der Waals surface area (Å²) in [5, 5.41) is 3.16. The smallest absolute Gasteiger partial charge is 0.257 e. The van der Waals surface area contributed by atoms with Crippen LogP contribution in [0.5, 0.6) is 0 Å². The highest BCUT2D eigenvalue weighted by Gasteiger charge is 2.11. The molecule has 98 valence electrons. The first-order valence-electron chi connectivity index (χ1n) is 5.60. The summed E-state index contributed by atoms with van der Waals surface area (Å²) in [5.74, 6) is -0.284. The molecule has 2 rings (SSSR count). The van der Waals surface area contributed by atoms with Gasteiger partial charge < -0.3 is 11.1 Å². The fourth-order valence-electron chi connectivity index (χ4n) is 1.59. The van der Waals surface area contributed by atoms with Crippen LogP contribution in [0.25, 0.3) is 0 Å². The second-order valence-corrected chi connectivity index (χ2v) is 5.42. The van der Waals surface area contributed by atoms with Crippen molar-refractivity contribution in [3.05, 3.63) is 57.0 Å². The molecule has 0 fully saturated rings. The molecule has 0 aromatic heterocycles. The van der Waals surface area contributed by atoms with Crippen LogP contribution in [0, 0.1) is 6.92 Å². The van der Waals surface area contributed by atoms with E-state index in [2.05, 4.69) is 21.2 Å². The SMILES string of the molecule is Cc1ccc(NC(=O)c2cc(N)ccc2Cl)cc1Br. The van der Waals surface area contributed by atoms with Gasteiger partial charge in [0, 0.05) is 15.8 Å². The van der Waals surface area contributed by atoms with Crippen molar-refractivity contribution in [1.82, 2.24) is 0 Å². The van der Waals surface area contributed by atoms with Crippen LogP contribution < -0.4 is 11.1 Å². The van der Waals surface area contributed by atoms with Gasteiger partial charge in [0.15, 0.2) is 0 Å². The standard InChI is InChI=1S/C14H12BrClN2O/c1-8-2-4-10(7-12(8)15)18-14(19)11-6-9(17)3-5-13(11)16/h2-7H,17H2,1H3,(H,18,19). The summed E-state index contributed by atoms with van der Waals surface area (Å²) in [6.07, 6.45) is 0. The Morgan fingerprint density at radius 3 is 2.68 bits per heavy atom. The molecule has 0 heterocycles. The Balaban J connectivity index is 2.25. The molecule has 0 unspecified atom stereocenters. The van der Waals surface area contributed by atoms with E-state index in [9.17, 15) is 4.79 Å². The zero-order valence-electron chi connectivity index (χ0n) is 10.2. The predicted molar refractivity (Wildman–Crippen MR) is 82.7 cm³/mol. The molecule has 0 aliphatic rings. The fraction of sp³-hybridized carbons (Fsp3) is 0.0714. The molecular formula is C14H12BrClN2O. The third-order valence-corrected chi connectivity index (χ3v) is 3.85. The predicted octanol–water partition coefficient (Wildman–Crippen LogP) is 4.25. The van der Waals surface area contributed by atoms with E-state index in [1.165, 1.54) is 0 Å². The molecule has 1 amide bonds. The van der Waals surface area contributed by atoms with Crippen molar-refractivity contribution in [2.45, 2.75) is 6.92 Å². The Hall–Kier alpha value is -1.52. The quantitative estimate of drug-likeness (QED) is 0.804. The Morgan fingerprint density at radius 1 is 1.26 bits per heavy atom. The van der Waals surface area contributed by atoms with Gasteiger partial charge in [0.2, 0.25) is 0 Å². The van der Waals surface area contributed by atoms with E-state index in [0.717, 1.165) is 10.0 Å². The van der Waals surface area contributed by atoms with Crippen LogP contribution in [0.4, 0.5) is 11.4 Å². The van der Waals surface area contributed by atoms with Crippen LogP contribution in [-0.4, -0.2) is 5.91 Å². The summed E-state index contributed by atoms with van der Waals surface area (Å²) >= 11 is 9.41. The largest absolute Gasteiger partial charge is 0.399 e. The van der Waals surface area contributed by atoms with Crippen molar-refractivity contribution in [3.63, 3.8) is 0 Å². The van der Waals surface area contributed by atoms with E-state index in [-0.39, 0.29) is 5.91 Å². The second-order valence-electron chi connectivity index (χ2n) is 4.16. The average Bonchev–Trinajstić information content (AvgIpc) is 2.36. The van der Waals surface area contributed by atoms with E-state index in [1.807, 2.05) is 25.1 Å². The monoisotopic (exact) mass is 338 g/mol. The number of hydrogen-bond acceptors (Lipinski definition) is 2. The van der Waals surface area contributed by atoms with Gasteiger partial charge in [0.25, 0.3) is 5.91 Å². The van der Waals surface area contributed by atoms with E-state index >= 15 is 0 Å². The molecule has 0 spiro atoms. The molecule has 2 aromatic carbocycles. The Bertz CT molecular complexity index is 643. The number of carbonyl (C=O) groups is 1. The number of rotatable bonds is 2. The minimum absolute atomic E-state index is 0.284. The molecule has 5 heteroatoms. The van der Waals surface area contributed by atoms with Crippen LogP contribution in [0.3, 0.4) is 0 Å². The number of aryl methyl sites for hydroxylation is 1. The maximum absolute atomic E-state index is 12.1. The van der Waals surface area contributed by atoms with Gasteiger partial charge in [-0.2, -0.15) is 0 Å². The van der Waals surface area contributed by atoms with Crippen molar-refractivity contribution in [2.75, 3.05) is 11.1 Å². The molecule has 0 aliphatic heterocycles. The lowest BCUT2D eigenvalue weighted by atomic mass is 10.1. The number of nitrogens with two attached hydrogens (primary N) is 1. The summed E-state index contributed by atoms with van der Waals surface area (Å²) in [4.78, 5) is 12.1. The summed E-state index contributed by atoms with van der Waals surface area (Å²) in [6.45, 7) is 1.98. The average molecular weight is 340 g/mol. The van der Waals surface area contributed by atoms with Crippen LogP contribution >= 0.6 is 27.5 Å². The molecule has 0 bridgehead atoms. The first-order chi connectivity index (χ1) is 8.97. The number of carbonyl (C=O) groups excluding carboxylic acids is 1. The summed E-state index contributed by atoms with van der Waals surface area (Å²) < 4.78 is 0.934. The molecule has 2 aromatic rings. The lowest BCUT2D eigenvalue weighted by Crippen LogP contribution is -2.12. The Labute approximate surface area is 124 Å². The van der Waals surface area contributed by atoms with Crippen LogP contribution in [0.2, 0.25) is 5.02 Å². The van der Waals surface area contributed by atoms with Crippen molar-refractivity contribution in [2.24, 2.45) is 0 Å². The van der Waals surface area contributed by atoms with Crippen molar-refractivity contribution in [3.8, 4) is 0 Å². The second kappa shape index (κ2) is 5.63. The number of hydrogen-bond donors (Lipinski definition) is 2. The number of anilines is 2. The first-order valence-corrected chi connectivity index (χ1v) is 6.77. The van der Waals surface area contributed by atoms with E-state index in [1.54, 1.807) is 18.2 Å². The highest BCUT2D eigenvalue weighted by molar-refractivity contribution is 9.10. The number of benzene rings is 2. The number of nitrogens with one attached hydrogen (secondary N) is 1. The van der Waals surface area contributed by atoms with E-state index in [0.29, 0.717) is 22.0 Å². The molecule has 0 saturated carbocycles. The van der Waals surface area contributed by atoms with Gasteiger partial charge >= 0.3 is 0 Å². The van der Waals surface area contributed by atoms with Gasteiger partial charge in [-0.05, 0) is 42.8 Å². The first kappa shape index (κ1) is 13.9. The van der Waals surface area contributed by atoms with Gasteiger partial charge in [-0.25, -0.2) is 0 Å². The molecule has 0 atom stereocenters. The van der Waals surface area contributed by atoms with Crippen molar-refractivity contribution >= 4 is 44.8 Å². The van der Waals surface area contributed by atoms with Gasteiger partial charge in [-0.3, -0.25) is 4.79 Å². The van der Waals surface area contributed by atoms with E-state index in [4.69, 9.17) is 17.3 Å². The molecular weight excluding hydrogens is 328 g/mol. The molecule has 0 radical (unpaired) electrons. The minimum atomic E-state index is -0.284. The zero-order chi connectivity index (χ0) is 14.0.